The molecule has 2 aliphatic rings. The van der Waals surface area contributed by atoms with Crippen LogP contribution >= 0.6 is 34.7 Å². The number of benzene rings is 2. The molecule has 42 heavy (non-hydrogen) atoms. The van der Waals surface area contributed by atoms with Crippen molar-refractivity contribution >= 4 is 69.7 Å². The van der Waals surface area contributed by atoms with Gasteiger partial charge in [-0.25, -0.2) is 9.78 Å². The summed E-state index contributed by atoms with van der Waals surface area (Å²) in [5, 5.41) is 10.1. The molecule has 3 amide bonds. The van der Waals surface area contributed by atoms with Gasteiger partial charge in [-0.15, -0.1) is 34.7 Å². The van der Waals surface area contributed by atoms with Crippen molar-refractivity contribution in [3.8, 4) is 0 Å². The summed E-state index contributed by atoms with van der Waals surface area (Å²) in [5.74, 6) is -1.50. The number of hydrogen-bond donors (Lipinski definition) is 2. The van der Waals surface area contributed by atoms with Crippen molar-refractivity contribution in [1.82, 2.24) is 15.2 Å². The fourth-order valence-corrected chi connectivity index (χ4v) is 6.86. The van der Waals surface area contributed by atoms with Gasteiger partial charge in [0.25, 0.3) is 11.8 Å². The zero-order valence-corrected chi connectivity index (χ0v) is 24.4. The van der Waals surface area contributed by atoms with E-state index in [1.807, 2.05) is 60.7 Å². The van der Waals surface area contributed by atoms with Crippen molar-refractivity contribution in [2.45, 2.75) is 17.5 Å². The van der Waals surface area contributed by atoms with Gasteiger partial charge in [-0.05, 0) is 16.7 Å². The lowest BCUT2D eigenvalue weighted by molar-refractivity contribution is -0.154. The molecular formula is C28H24ClN5O6S2. The molecule has 3 heterocycles. The molecule has 3 aromatic rings. The van der Waals surface area contributed by atoms with Crippen LogP contribution in [0.25, 0.3) is 0 Å². The molecular weight excluding hydrogens is 602 g/mol. The van der Waals surface area contributed by atoms with Crippen LogP contribution in [0.4, 0.5) is 5.13 Å². The Morgan fingerprint density at radius 1 is 1.17 bits per heavy atom. The number of oxime groups is 1. The van der Waals surface area contributed by atoms with Crippen LogP contribution in [0.15, 0.2) is 82.5 Å². The highest BCUT2D eigenvalue weighted by atomic mass is 35.5. The number of rotatable bonds is 11. The molecule has 1 aromatic heterocycles. The van der Waals surface area contributed by atoms with E-state index in [1.165, 1.54) is 29.2 Å². The number of fused-ring (bicyclic) bond motifs is 1. The van der Waals surface area contributed by atoms with Gasteiger partial charge in [0, 0.05) is 17.0 Å². The van der Waals surface area contributed by atoms with Crippen LogP contribution < -0.4 is 10.6 Å². The molecule has 1 saturated heterocycles. The number of halogens is 1. The van der Waals surface area contributed by atoms with Crippen molar-refractivity contribution in [2.24, 2.45) is 5.16 Å². The Hall–Kier alpha value is -4.20. The molecule has 11 nitrogen and oxygen atoms in total. The number of aromatic nitrogens is 1. The number of amides is 3. The Bertz CT molecular complexity index is 1510. The number of ether oxygens (including phenoxy) is 1. The van der Waals surface area contributed by atoms with Crippen molar-refractivity contribution in [1.29, 1.82) is 0 Å². The van der Waals surface area contributed by atoms with Crippen LogP contribution in [0.2, 0.25) is 0 Å². The molecule has 1 fully saturated rings. The monoisotopic (exact) mass is 625 g/mol. The number of β-lactam (4-membered cyclic amide) rings is 1. The van der Waals surface area contributed by atoms with Gasteiger partial charge >= 0.3 is 5.97 Å². The third-order valence-corrected chi connectivity index (χ3v) is 8.88. The first-order chi connectivity index (χ1) is 20.5. The SMILES string of the molecule is CON=C(C(=O)N[C@@H]1C(=O)N2C(C(=O)OC(c3ccccc3)c3ccccc3)=C(CCl)CS[C@@H]12)c1csc(NC=O)n1. The number of anilines is 1. The number of thioether (sulfide) groups is 1. The van der Waals surface area contributed by atoms with Gasteiger partial charge in [-0.2, -0.15) is 0 Å². The van der Waals surface area contributed by atoms with E-state index in [0.717, 1.165) is 22.5 Å². The van der Waals surface area contributed by atoms with Crippen LogP contribution in [0, 0.1) is 0 Å². The Morgan fingerprint density at radius 2 is 1.83 bits per heavy atom. The van der Waals surface area contributed by atoms with E-state index < -0.39 is 35.3 Å². The number of thiazole rings is 1. The number of alkyl halides is 1. The van der Waals surface area contributed by atoms with Crippen LogP contribution in [-0.4, -0.2) is 69.9 Å². The first kappa shape index (κ1) is 29.3. The van der Waals surface area contributed by atoms with Crippen molar-refractivity contribution in [2.75, 3.05) is 24.1 Å². The third-order valence-electron chi connectivity index (χ3n) is 6.44. The zero-order chi connectivity index (χ0) is 29.6. The Kier molecular flexibility index (Phi) is 9.20. The van der Waals surface area contributed by atoms with Crippen LogP contribution in [-0.2, 0) is 28.8 Å². The second-order valence-corrected chi connectivity index (χ2v) is 11.2. The average molecular weight is 626 g/mol. The maximum absolute atomic E-state index is 13.7. The number of esters is 1. The van der Waals surface area contributed by atoms with Gasteiger partial charge in [-0.1, -0.05) is 65.8 Å². The first-order valence-electron chi connectivity index (χ1n) is 12.6. The summed E-state index contributed by atoms with van der Waals surface area (Å²) < 4.78 is 6.04. The molecule has 216 valence electrons. The lowest BCUT2D eigenvalue weighted by Gasteiger charge is -2.49. The number of carbonyl (C=O) groups excluding carboxylic acids is 4. The smallest absolute Gasteiger partial charge is 0.356 e. The second-order valence-electron chi connectivity index (χ2n) is 8.98. The summed E-state index contributed by atoms with van der Waals surface area (Å²) in [7, 11) is 1.27. The van der Waals surface area contributed by atoms with E-state index >= 15 is 0 Å². The summed E-state index contributed by atoms with van der Waals surface area (Å²) in [6.45, 7) is 0. The van der Waals surface area contributed by atoms with Gasteiger partial charge < -0.3 is 20.2 Å². The van der Waals surface area contributed by atoms with E-state index in [0.29, 0.717) is 17.7 Å². The molecule has 0 radical (unpaired) electrons. The van der Waals surface area contributed by atoms with Crippen molar-refractivity contribution < 1.29 is 28.8 Å². The Labute approximate surface area is 253 Å². The van der Waals surface area contributed by atoms with E-state index in [2.05, 4.69) is 20.8 Å². The number of carbonyl (C=O) groups is 4. The largest absolute Gasteiger partial charge is 0.448 e. The second kappa shape index (κ2) is 13.2. The first-order valence-corrected chi connectivity index (χ1v) is 15.0. The molecule has 0 spiro atoms. The molecule has 5 rings (SSSR count). The molecule has 0 saturated carbocycles. The summed E-state index contributed by atoms with van der Waals surface area (Å²) in [5.41, 5.74) is 2.15. The lowest BCUT2D eigenvalue weighted by atomic mass is 10.0. The quantitative estimate of drug-likeness (QED) is 0.0827. The van der Waals surface area contributed by atoms with Crippen molar-refractivity contribution in [3.05, 3.63) is 94.1 Å². The van der Waals surface area contributed by atoms with Crippen molar-refractivity contribution in [3.63, 3.8) is 0 Å². The Balaban J connectivity index is 1.36. The zero-order valence-electron chi connectivity index (χ0n) is 22.1. The van der Waals surface area contributed by atoms with Gasteiger partial charge in [0.2, 0.25) is 6.41 Å². The predicted octanol–water partition coefficient (Wildman–Crippen LogP) is 3.29. The van der Waals surface area contributed by atoms with E-state index in [4.69, 9.17) is 21.2 Å². The fraction of sp³-hybridized carbons (Fsp3) is 0.214. The van der Waals surface area contributed by atoms with E-state index in [-0.39, 0.29) is 28.1 Å². The van der Waals surface area contributed by atoms with Gasteiger partial charge in [-0.3, -0.25) is 19.3 Å². The maximum atomic E-state index is 13.7. The number of nitrogens with zero attached hydrogens (tertiary/aromatic N) is 3. The summed E-state index contributed by atoms with van der Waals surface area (Å²) in [6.07, 6.45) is -0.251. The summed E-state index contributed by atoms with van der Waals surface area (Å²) >= 11 is 8.68. The summed E-state index contributed by atoms with van der Waals surface area (Å²) in [4.78, 5) is 61.3. The highest BCUT2D eigenvalue weighted by Crippen LogP contribution is 2.42. The topological polar surface area (TPSA) is 139 Å². The number of nitrogens with one attached hydrogen (secondary N) is 2. The molecule has 2 aromatic carbocycles. The highest BCUT2D eigenvalue weighted by molar-refractivity contribution is 8.00. The predicted molar refractivity (Wildman–Crippen MR) is 159 cm³/mol. The third kappa shape index (κ3) is 5.89. The Morgan fingerprint density at radius 3 is 2.43 bits per heavy atom. The minimum absolute atomic E-state index is 0.0257. The highest BCUT2D eigenvalue weighted by Gasteiger charge is 2.55. The minimum atomic E-state index is -0.950. The maximum Gasteiger partial charge on any atom is 0.356 e. The minimum Gasteiger partial charge on any atom is -0.448 e. The van der Waals surface area contributed by atoms with E-state index in [1.54, 1.807) is 0 Å². The molecule has 2 atom stereocenters. The molecule has 14 heteroatoms. The molecule has 2 aliphatic heterocycles. The average Bonchev–Trinajstić information content (AvgIpc) is 3.49. The van der Waals surface area contributed by atoms with Gasteiger partial charge in [0.05, 0.1) is 0 Å². The molecule has 0 bridgehead atoms. The van der Waals surface area contributed by atoms with E-state index in [9.17, 15) is 19.2 Å². The molecule has 2 N–H and O–H groups in total. The standard InChI is InChI=1S/C28H24ClN5O6S2/c1-39-33-20(19-14-42-28(31-19)30-15-35)24(36)32-21-25(37)34-22(18(12-29)13-41-26(21)34)27(38)40-23(16-8-4-2-5-9-16)17-10-6-3-7-11-17/h2-11,14-15,21,23,26H,12-13H2,1H3,(H,32,36)(H,30,31,35)/t21-,26+/m1/s1. The fourth-order valence-electron chi connectivity index (χ4n) is 4.53. The van der Waals surface area contributed by atoms with Gasteiger partial charge in [0.15, 0.2) is 16.9 Å². The van der Waals surface area contributed by atoms with Crippen LogP contribution in [0.1, 0.15) is 22.9 Å². The molecule has 0 unspecified atom stereocenters. The van der Waals surface area contributed by atoms with Crippen LogP contribution in [0.5, 0.6) is 0 Å². The normalized spacial score (nSPS) is 18.2. The van der Waals surface area contributed by atoms with Crippen LogP contribution in [0.3, 0.4) is 0 Å². The summed E-state index contributed by atoms with van der Waals surface area (Å²) in [6, 6.07) is 17.7. The lowest BCUT2D eigenvalue weighted by Crippen LogP contribution is -2.71. The number of hydrogen-bond acceptors (Lipinski definition) is 10. The van der Waals surface area contributed by atoms with Gasteiger partial charge in [0.1, 0.15) is 29.9 Å². The molecule has 0 aliphatic carbocycles.